The van der Waals surface area contributed by atoms with Crippen LogP contribution in [-0.2, 0) is 0 Å². The van der Waals surface area contributed by atoms with Gasteiger partial charge in [0, 0.05) is 12.5 Å². The van der Waals surface area contributed by atoms with Crippen molar-refractivity contribution in [3.8, 4) is 17.2 Å². The van der Waals surface area contributed by atoms with Crippen LogP contribution in [-0.4, -0.2) is 24.1 Å². The maximum absolute atomic E-state index is 6.02. The topological polar surface area (TPSA) is 43.2 Å². The number of hydrogen-bond acceptors (Lipinski definition) is 5. The lowest BCUT2D eigenvalue weighted by molar-refractivity contribution is 0.413. The number of ether oxygens (including phenoxy) is 2. The first-order valence-corrected chi connectivity index (χ1v) is 10.6. The third-order valence-electron chi connectivity index (χ3n) is 4.68. The number of rotatable bonds is 4. The minimum absolute atomic E-state index is 0.716. The van der Waals surface area contributed by atoms with Crippen molar-refractivity contribution in [1.82, 2.24) is 0 Å². The maximum Gasteiger partial charge on any atom is 0.129 e. The molecule has 0 N–H and O–H groups in total. The number of hydrogen-bond donors (Lipinski definition) is 0. The van der Waals surface area contributed by atoms with Gasteiger partial charge in [-0.05, 0) is 55.1 Å². The summed E-state index contributed by atoms with van der Waals surface area (Å²) in [5.41, 5.74) is 5.04. The molecular weight excluding hydrogens is 380 g/mol. The molecule has 1 aliphatic heterocycles. The molecule has 5 heteroatoms. The quantitative estimate of drug-likeness (QED) is 0.487. The van der Waals surface area contributed by atoms with E-state index in [1.165, 1.54) is 5.56 Å². The molecule has 4 nitrogen and oxygen atoms in total. The van der Waals surface area contributed by atoms with Crippen molar-refractivity contribution >= 4 is 33.9 Å². The molecule has 0 aromatic heterocycles. The summed E-state index contributed by atoms with van der Waals surface area (Å²) in [5.74, 6) is 2.27. The molecule has 0 amide bonds. The Morgan fingerprint density at radius 1 is 0.793 bits per heavy atom. The van der Waals surface area contributed by atoms with Crippen LogP contribution in [0.15, 0.2) is 76.7 Å². The molecule has 3 aromatic rings. The van der Waals surface area contributed by atoms with Crippen molar-refractivity contribution < 1.29 is 9.47 Å². The summed E-state index contributed by atoms with van der Waals surface area (Å²) in [4.78, 5) is 9.77. The van der Waals surface area contributed by atoms with Crippen molar-refractivity contribution in [3.63, 3.8) is 0 Å². The van der Waals surface area contributed by atoms with Gasteiger partial charge in [-0.25, -0.2) is 9.98 Å². The second-order valence-electron chi connectivity index (χ2n) is 6.74. The van der Waals surface area contributed by atoms with Gasteiger partial charge in [-0.3, -0.25) is 0 Å². The summed E-state index contributed by atoms with van der Waals surface area (Å²) in [6.07, 6.45) is 2.77. The standard InChI is InChI=1S/C24H22N2O2S/c1-16-4-6-17(7-5-16)22-15-24(29-3)26-21-13-12-20(14-23(21)25-22)28-19-10-8-18(27-2)9-11-19/h4-14H,15H2,1-3H3. The van der Waals surface area contributed by atoms with Crippen molar-refractivity contribution in [2.24, 2.45) is 9.98 Å². The molecule has 0 saturated heterocycles. The predicted molar refractivity (Wildman–Crippen MR) is 122 cm³/mol. The molecule has 4 rings (SSSR count). The third kappa shape index (κ3) is 4.51. The Morgan fingerprint density at radius 3 is 2.17 bits per heavy atom. The zero-order chi connectivity index (χ0) is 20.2. The third-order valence-corrected chi connectivity index (χ3v) is 5.39. The number of aryl methyl sites for hydroxylation is 1. The van der Waals surface area contributed by atoms with Gasteiger partial charge in [-0.1, -0.05) is 29.8 Å². The van der Waals surface area contributed by atoms with Crippen LogP contribution in [0.1, 0.15) is 17.5 Å². The van der Waals surface area contributed by atoms with Gasteiger partial charge in [0.1, 0.15) is 17.2 Å². The fourth-order valence-corrected chi connectivity index (χ4v) is 3.53. The summed E-state index contributed by atoms with van der Waals surface area (Å²) in [7, 11) is 1.65. The molecule has 0 unspecified atom stereocenters. The highest BCUT2D eigenvalue weighted by molar-refractivity contribution is 8.13. The van der Waals surface area contributed by atoms with Crippen molar-refractivity contribution in [3.05, 3.63) is 77.9 Å². The highest BCUT2D eigenvalue weighted by Gasteiger charge is 2.15. The second-order valence-corrected chi connectivity index (χ2v) is 7.62. The Morgan fingerprint density at radius 2 is 1.48 bits per heavy atom. The molecule has 0 radical (unpaired) electrons. The molecule has 146 valence electrons. The van der Waals surface area contributed by atoms with Gasteiger partial charge >= 0.3 is 0 Å². The SMILES string of the molecule is COc1ccc(Oc2ccc3c(c2)N=C(c2ccc(C)cc2)CC(SC)=N3)cc1. The van der Waals surface area contributed by atoms with E-state index in [-0.39, 0.29) is 0 Å². The molecule has 0 atom stereocenters. The van der Waals surface area contributed by atoms with E-state index in [4.69, 9.17) is 19.5 Å². The molecule has 0 bridgehead atoms. The molecule has 3 aromatic carbocycles. The zero-order valence-corrected chi connectivity index (χ0v) is 17.5. The first kappa shape index (κ1) is 19.3. The minimum atomic E-state index is 0.716. The monoisotopic (exact) mass is 402 g/mol. The fourth-order valence-electron chi connectivity index (χ4n) is 3.06. The number of thioether (sulfide) groups is 1. The summed E-state index contributed by atoms with van der Waals surface area (Å²) < 4.78 is 11.2. The molecule has 0 saturated carbocycles. The van der Waals surface area contributed by atoms with E-state index in [9.17, 15) is 0 Å². The summed E-state index contributed by atoms with van der Waals surface area (Å²) in [5, 5.41) is 1.05. The van der Waals surface area contributed by atoms with Gasteiger partial charge in [-0.2, -0.15) is 0 Å². The smallest absolute Gasteiger partial charge is 0.129 e. The maximum atomic E-state index is 6.02. The van der Waals surface area contributed by atoms with Gasteiger partial charge in [0.15, 0.2) is 0 Å². The molecule has 0 fully saturated rings. The van der Waals surface area contributed by atoms with E-state index < -0.39 is 0 Å². The Balaban J connectivity index is 1.69. The largest absolute Gasteiger partial charge is 0.497 e. The number of fused-ring (bicyclic) bond motifs is 1. The van der Waals surface area contributed by atoms with Crippen molar-refractivity contribution in [2.45, 2.75) is 13.3 Å². The lowest BCUT2D eigenvalue weighted by atomic mass is 10.1. The first-order chi connectivity index (χ1) is 14.1. The van der Waals surface area contributed by atoms with Crippen LogP contribution in [0.25, 0.3) is 0 Å². The normalized spacial score (nSPS) is 13.1. The molecule has 0 aliphatic carbocycles. The van der Waals surface area contributed by atoms with E-state index in [0.29, 0.717) is 6.42 Å². The number of benzene rings is 3. The van der Waals surface area contributed by atoms with Crippen LogP contribution in [0, 0.1) is 6.92 Å². The highest BCUT2D eigenvalue weighted by Crippen LogP contribution is 2.37. The van der Waals surface area contributed by atoms with Gasteiger partial charge in [0.25, 0.3) is 0 Å². The first-order valence-electron chi connectivity index (χ1n) is 9.37. The van der Waals surface area contributed by atoms with Gasteiger partial charge < -0.3 is 9.47 Å². The Bertz CT molecular complexity index is 1070. The fraction of sp³-hybridized carbons (Fsp3) is 0.167. The van der Waals surface area contributed by atoms with Crippen LogP contribution in [0.4, 0.5) is 11.4 Å². The molecule has 29 heavy (non-hydrogen) atoms. The number of nitrogens with zero attached hydrogens (tertiary/aromatic N) is 2. The lowest BCUT2D eigenvalue weighted by Crippen LogP contribution is -2.05. The van der Waals surface area contributed by atoms with Crippen LogP contribution < -0.4 is 9.47 Å². The van der Waals surface area contributed by atoms with Crippen LogP contribution >= 0.6 is 11.8 Å². The minimum Gasteiger partial charge on any atom is -0.497 e. The number of aliphatic imine (C=N–C) groups is 2. The zero-order valence-electron chi connectivity index (χ0n) is 16.7. The van der Waals surface area contributed by atoms with E-state index in [0.717, 1.165) is 44.9 Å². The predicted octanol–water partition coefficient (Wildman–Crippen LogP) is 6.71. The van der Waals surface area contributed by atoms with Crippen molar-refractivity contribution in [1.29, 1.82) is 0 Å². The molecule has 1 heterocycles. The van der Waals surface area contributed by atoms with E-state index in [1.807, 2.05) is 42.5 Å². The summed E-state index contributed by atoms with van der Waals surface area (Å²) in [6, 6.07) is 21.8. The molecular formula is C24H22N2O2S. The average molecular weight is 403 g/mol. The van der Waals surface area contributed by atoms with Crippen LogP contribution in [0.2, 0.25) is 0 Å². The van der Waals surface area contributed by atoms with E-state index in [2.05, 4.69) is 37.4 Å². The molecule has 1 aliphatic rings. The van der Waals surface area contributed by atoms with E-state index in [1.54, 1.807) is 18.9 Å². The van der Waals surface area contributed by atoms with Gasteiger partial charge in [0.05, 0.1) is 29.2 Å². The molecule has 0 spiro atoms. The van der Waals surface area contributed by atoms with Crippen LogP contribution in [0.5, 0.6) is 17.2 Å². The van der Waals surface area contributed by atoms with Crippen molar-refractivity contribution in [2.75, 3.05) is 13.4 Å². The summed E-state index contributed by atoms with van der Waals surface area (Å²) >= 11 is 1.66. The second kappa shape index (κ2) is 8.53. The van der Waals surface area contributed by atoms with Crippen LogP contribution in [0.3, 0.4) is 0 Å². The van der Waals surface area contributed by atoms with Gasteiger partial charge in [-0.15, -0.1) is 11.8 Å². The Kier molecular flexibility index (Phi) is 5.67. The van der Waals surface area contributed by atoms with Gasteiger partial charge in [0.2, 0.25) is 0 Å². The van der Waals surface area contributed by atoms with E-state index >= 15 is 0 Å². The summed E-state index contributed by atoms with van der Waals surface area (Å²) in [6.45, 7) is 2.09. The highest BCUT2D eigenvalue weighted by atomic mass is 32.2. The Labute approximate surface area is 175 Å². The average Bonchev–Trinajstić information content (AvgIpc) is 2.94. The number of methoxy groups -OCH3 is 1. The Hall–Kier alpha value is -3.05. The lowest BCUT2D eigenvalue weighted by Gasteiger charge is -2.09.